The van der Waals surface area contributed by atoms with Crippen LogP contribution >= 0.6 is 0 Å². The van der Waals surface area contributed by atoms with Gasteiger partial charge in [0, 0.05) is 11.1 Å². The molecule has 0 saturated heterocycles. The lowest BCUT2D eigenvalue weighted by molar-refractivity contribution is -0.348. The van der Waals surface area contributed by atoms with Crippen molar-refractivity contribution >= 4 is 21.8 Å². The van der Waals surface area contributed by atoms with Gasteiger partial charge in [-0.25, -0.2) is 17.9 Å². The van der Waals surface area contributed by atoms with E-state index in [-0.39, 0.29) is 28.3 Å². The number of primary sulfonamides is 1. The molecule has 0 bridgehead atoms. The third kappa shape index (κ3) is 6.21. The molecule has 0 spiro atoms. The predicted molar refractivity (Wildman–Crippen MR) is 120 cm³/mol. The van der Waals surface area contributed by atoms with Crippen LogP contribution in [0.15, 0.2) is 36.4 Å². The number of amides is 2. The number of benzene rings is 2. The fraction of sp³-hybridized carbons (Fsp3) is 0.364. The van der Waals surface area contributed by atoms with Crippen LogP contribution in [-0.4, -0.2) is 43.9 Å². The Morgan fingerprint density at radius 1 is 0.919 bits per heavy atom. The number of aryl methyl sites for hydroxylation is 1. The monoisotopic (exact) mass is 557 g/mol. The van der Waals surface area contributed by atoms with Crippen molar-refractivity contribution in [2.45, 2.75) is 44.3 Å². The molecule has 0 aromatic heterocycles. The summed E-state index contributed by atoms with van der Waals surface area (Å²) < 4.78 is 117. The van der Waals surface area contributed by atoms with Crippen molar-refractivity contribution in [1.29, 1.82) is 0 Å². The summed E-state index contributed by atoms with van der Waals surface area (Å²) in [5.74, 6) is -2.87. The molecule has 2 aromatic rings. The van der Waals surface area contributed by atoms with E-state index >= 15 is 0 Å². The van der Waals surface area contributed by atoms with Gasteiger partial charge in [-0.3, -0.25) is 9.59 Å². The second-order valence-corrected chi connectivity index (χ2v) is 10.5. The SMILES string of the molecule is Cc1cc(C(F)(C(F)(F)F)C(F)(F)F)ccc1-c1cccc(C(N)=O)c1C(=O)NC(C)(C)CS(N)(=O)=O. The number of sulfonamides is 1. The first kappa shape index (κ1) is 30.0. The molecule has 15 heteroatoms. The second-order valence-electron chi connectivity index (χ2n) is 8.92. The molecule has 0 radical (unpaired) electrons. The molecule has 7 nitrogen and oxygen atoms in total. The highest BCUT2D eigenvalue weighted by Gasteiger charge is 2.73. The predicted octanol–water partition coefficient (Wildman–Crippen LogP) is 3.85. The van der Waals surface area contributed by atoms with E-state index in [4.69, 9.17) is 10.9 Å². The molecule has 0 fully saturated rings. The molecular formula is C22H22F7N3O4S. The maximum atomic E-state index is 14.5. The summed E-state index contributed by atoms with van der Waals surface area (Å²) in [6.45, 7) is 3.68. The van der Waals surface area contributed by atoms with E-state index in [0.29, 0.717) is 6.07 Å². The molecule has 0 aliphatic rings. The molecule has 0 atom stereocenters. The van der Waals surface area contributed by atoms with E-state index in [0.717, 1.165) is 19.1 Å². The summed E-state index contributed by atoms with van der Waals surface area (Å²) in [4.78, 5) is 25.2. The van der Waals surface area contributed by atoms with E-state index in [2.05, 4.69) is 5.32 Å². The Bertz CT molecular complexity index is 1320. The highest BCUT2D eigenvalue weighted by Crippen LogP contribution is 2.53. The van der Waals surface area contributed by atoms with E-state index in [1.807, 2.05) is 0 Å². The Morgan fingerprint density at radius 2 is 1.46 bits per heavy atom. The lowest BCUT2D eigenvalue weighted by atomic mass is 9.87. The molecule has 5 N–H and O–H groups in total. The van der Waals surface area contributed by atoms with Crippen molar-refractivity contribution in [1.82, 2.24) is 5.32 Å². The molecule has 37 heavy (non-hydrogen) atoms. The van der Waals surface area contributed by atoms with Crippen molar-refractivity contribution in [2.75, 3.05) is 5.75 Å². The topological polar surface area (TPSA) is 132 Å². The highest BCUT2D eigenvalue weighted by atomic mass is 32.2. The Balaban J connectivity index is 2.73. The van der Waals surface area contributed by atoms with E-state index in [9.17, 15) is 48.7 Å². The molecule has 204 valence electrons. The lowest BCUT2D eigenvalue weighted by Gasteiger charge is -2.31. The fourth-order valence-electron chi connectivity index (χ4n) is 3.80. The van der Waals surface area contributed by atoms with Crippen molar-refractivity contribution in [3.63, 3.8) is 0 Å². The van der Waals surface area contributed by atoms with Crippen molar-refractivity contribution in [3.05, 3.63) is 58.7 Å². The van der Waals surface area contributed by atoms with Crippen LogP contribution in [0.1, 0.15) is 45.7 Å². The standard InChI is InChI=1S/C22H22F7N3O4S/c1-11-9-12(20(23,21(24,25)26)22(27,28)29)7-8-13(11)14-5-4-6-15(17(30)33)16(14)18(34)32-19(2,3)10-37(31,35)36/h4-9H,10H2,1-3H3,(H2,30,33)(H,32,34)(H2,31,35,36). The van der Waals surface area contributed by atoms with Gasteiger partial charge in [0.05, 0.1) is 16.9 Å². The van der Waals surface area contributed by atoms with Crippen molar-refractivity contribution in [3.8, 4) is 11.1 Å². The average molecular weight is 557 g/mol. The Morgan fingerprint density at radius 3 is 1.89 bits per heavy atom. The second kappa shape index (κ2) is 9.59. The molecule has 0 saturated carbocycles. The van der Waals surface area contributed by atoms with Crippen LogP contribution in [0, 0.1) is 6.92 Å². The summed E-state index contributed by atoms with van der Waals surface area (Å²) in [5.41, 5.74) is -4.91. The van der Waals surface area contributed by atoms with Crippen LogP contribution in [0.5, 0.6) is 0 Å². The zero-order valence-corrected chi connectivity index (χ0v) is 20.3. The first-order chi connectivity index (χ1) is 16.5. The number of hydrogen-bond donors (Lipinski definition) is 3. The summed E-state index contributed by atoms with van der Waals surface area (Å²) in [7, 11) is -4.07. The number of halogens is 7. The van der Waals surface area contributed by atoms with Crippen LogP contribution in [0.4, 0.5) is 30.7 Å². The number of nitrogens with one attached hydrogen (secondary N) is 1. The largest absolute Gasteiger partial charge is 0.435 e. The zero-order chi connectivity index (χ0) is 28.8. The van der Waals surface area contributed by atoms with E-state index < -0.39 is 62.3 Å². The molecule has 2 amide bonds. The minimum atomic E-state index is -6.33. The van der Waals surface area contributed by atoms with Gasteiger partial charge in [-0.15, -0.1) is 0 Å². The first-order valence-electron chi connectivity index (χ1n) is 10.2. The fourth-order valence-corrected chi connectivity index (χ4v) is 4.88. The van der Waals surface area contributed by atoms with E-state index in [1.165, 1.54) is 26.0 Å². The number of carbonyl (C=O) groups is 2. The first-order valence-corrected chi connectivity index (χ1v) is 11.9. The van der Waals surface area contributed by atoms with Gasteiger partial charge in [0.1, 0.15) is 0 Å². The van der Waals surface area contributed by atoms with Gasteiger partial charge in [-0.1, -0.05) is 30.3 Å². The minimum Gasteiger partial charge on any atom is -0.366 e. The number of alkyl halides is 7. The molecule has 2 rings (SSSR count). The normalized spacial score (nSPS) is 13.4. The van der Waals surface area contributed by atoms with Crippen LogP contribution in [0.2, 0.25) is 0 Å². The third-order valence-corrected chi connectivity index (χ3v) is 6.39. The van der Waals surface area contributed by atoms with Gasteiger partial charge < -0.3 is 11.1 Å². The van der Waals surface area contributed by atoms with Crippen molar-refractivity contribution < 1.29 is 48.7 Å². The molecule has 2 aromatic carbocycles. The van der Waals surface area contributed by atoms with Gasteiger partial charge in [0.25, 0.3) is 5.91 Å². The third-order valence-electron chi connectivity index (χ3n) is 5.27. The van der Waals surface area contributed by atoms with Gasteiger partial charge in [-0.05, 0) is 43.5 Å². The number of primary amides is 1. The quantitative estimate of drug-likeness (QED) is 0.446. The van der Waals surface area contributed by atoms with Gasteiger partial charge in [-0.2, -0.15) is 26.3 Å². The van der Waals surface area contributed by atoms with Crippen LogP contribution in [0.3, 0.4) is 0 Å². The number of carbonyl (C=O) groups excluding carboxylic acids is 2. The van der Waals surface area contributed by atoms with E-state index in [1.54, 1.807) is 0 Å². The lowest BCUT2D eigenvalue weighted by Crippen LogP contribution is -2.50. The smallest absolute Gasteiger partial charge is 0.366 e. The summed E-state index contributed by atoms with van der Waals surface area (Å²) >= 11 is 0. The van der Waals surface area contributed by atoms with Gasteiger partial charge >= 0.3 is 18.0 Å². The zero-order valence-electron chi connectivity index (χ0n) is 19.5. The minimum absolute atomic E-state index is 0.118. The van der Waals surface area contributed by atoms with Gasteiger partial charge in [0.2, 0.25) is 15.9 Å². The molecule has 0 aliphatic heterocycles. The molecule has 0 heterocycles. The Hall–Kier alpha value is -3.20. The maximum absolute atomic E-state index is 14.5. The molecule has 0 aliphatic carbocycles. The van der Waals surface area contributed by atoms with Crippen LogP contribution < -0.4 is 16.2 Å². The highest BCUT2D eigenvalue weighted by molar-refractivity contribution is 7.89. The number of hydrogen-bond acceptors (Lipinski definition) is 4. The van der Waals surface area contributed by atoms with Crippen molar-refractivity contribution in [2.24, 2.45) is 10.9 Å². The summed E-state index contributed by atoms with van der Waals surface area (Å²) in [6, 6.07) is 4.96. The van der Waals surface area contributed by atoms with Crippen LogP contribution in [0.25, 0.3) is 11.1 Å². The maximum Gasteiger partial charge on any atom is 0.435 e. The molecule has 0 unspecified atom stereocenters. The Labute approximate surface area is 207 Å². The van der Waals surface area contributed by atoms with Crippen LogP contribution in [-0.2, 0) is 15.7 Å². The summed E-state index contributed by atoms with van der Waals surface area (Å²) in [5, 5.41) is 7.39. The number of nitrogens with two attached hydrogens (primary N) is 2. The number of rotatable bonds is 7. The van der Waals surface area contributed by atoms with Gasteiger partial charge in [0.15, 0.2) is 0 Å². The average Bonchev–Trinajstić information content (AvgIpc) is 2.68. The Kier molecular flexibility index (Phi) is 7.79. The summed E-state index contributed by atoms with van der Waals surface area (Å²) in [6.07, 6.45) is -12.7. The molecular weight excluding hydrogens is 535 g/mol.